The Balaban J connectivity index is 1.27. The van der Waals surface area contributed by atoms with E-state index in [1.54, 1.807) is 0 Å². The van der Waals surface area contributed by atoms with Crippen LogP contribution in [0.15, 0.2) is 138 Å². The molecule has 0 bridgehead atoms. The molecule has 0 saturated carbocycles. The van der Waals surface area contributed by atoms with E-state index in [1.165, 1.54) is 55.5 Å². The molecule has 178 valence electrons. The monoisotopic (exact) mass is 484 g/mol. The topological polar surface area (TPSA) is 13.1 Å². The second kappa shape index (κ2) is 8.33. The van der Waals surface area contributed by atoms with Crippen LogP contribution in [0.25, 0.3) is 66.4 Å². The maximum Gasteiger partial charge on any atom is 0.143 e. The van der Waals surface area contributed by atoms with E-state index in [-0.39, 0.29) is 0 Å². The number of hydrogen-bond donors (Lipinski definition) is 0. The molecule has 0 unspecified atom stereocenters. The minimum absolute atomic E-state index is 0.933. The molecule has 7 aromatic rings. The van der Waals surface area contributed by atoms with Crippen molar-refractivity contribution in [3.63, 3.8) is 0 Å². The van der Waals surface area contributed by atoms with Crippen molar-refractivity contribution < 1.29 is 4.42 Å². The molecule has 0 fully saturated rings. The van der Waals surface area contributed by atoms with Crippen molar-refractivity contribution in [2.24, 2.45) is 0 Å². The predicted octanol–water partition coefficient (Wildman–Crippen LogP) is 10.2. The van der Waals surface area contributed by atoms with Gasteiger partial charge in [-0.2, -0.15) is 0 Å². The summed E-state index contributed by atoms with van der Waals surface area (Å²) in [6, 6.07) is 48.0. The van der Waals surface area contributed by atoms with Gasteiger partial charge in [0.1, 0.15) is 11.2 Å². The van der Waals surface area contributed by atoms with E-state index in [9.17, 15) is 0 Å². The Hall–Kier alpha value is -4.88. The SMILES string of the molecule is c1ccc(-c2ccccc2-c2ccc3c(c2)-c2cc(-c4cccc5c4oc4ccccc45)ccc2C3)cc1. The first-order valence-corrected chi connectivity index (χ1v) is 13.2. The normalized spacial score (nSPS) is 12.1. The first-order valence-electron chi connectivity index (χ1n) is 13.2. The molecular weight excluding hydrogens is 460 g/mol. The van der Waals surface area contributed by atoms with E-state index in [1.807, 2.05) is 12.1 Å². The number of para-hydroxylation sites is 2. The largest absolute Gasteiger partial charge is 0.455 e. The molecule has 0 aliphatic heterocycles. The lowest BCUT2D eigenvalue weighted by molar-refractivity contribution is 0.670. The van der Waals surface area contributed by atoms with Gasteiger partial charge in [-0.1, -0.05) is 115 Å². The zero-order chi connectivity index (χ0) is 25.1. The van der Waals surface area contributed by atoms with Crippen LogP contribution < -0.4 is 0 Å². The van der Waals surface area contributed by atoms with Crippen LogP contribution in [-0.2, 0) is 6.42 Å². The Labute approximate surface area is 221 Å². The molecule has 1 heterocycles. The van der Waals surface area contributed by atoms with Crippen molar-refractivity contribution >= 4 is 21.9 Å². The summed E-state index contributed by atoms with van der Waals surface area (Å²) in [4.78, 5) is 0. The van der Waals surface area contributed by atoms with Gasteiger partial charge in [-0.25, -0.2) is 0 Å². The van der Waals surface area contributed by atoms with Crippen LogP contribution in [0.1, 0.15) is 11.1 Å². The lowest BCUT2D eigenvalue weighted by Gasteiger charge is -2.12. The molecule has 1 nitrogen and oxygen atoms in total. The van der Waals surface area contributed by atoms with Crippen molar-refractivity contribution in [2.45, 2.75) is 6.42 Å². The molecule has 0 N–H and O–H groups in total. The van der Waals surface area contributed by atoms with E-state index in [0.29, 0.717) is 0 Å². The lowest BCUT2D eigenvalue weighted by Crippen LogP contribution is -1.87. The van der Waals surface area contributed by atoms with Gasteiger partial charge in [-0.3, -0.25) is 0 Å². The highest BCUT2D eigenvalue weighted by molar-refractivity contribution is 6.09. The number of rotatable bonds is 3. The number of hydrogen-bond acceptors (Lipinski definition) is 1. The van der Waals surface area contributed by atoms with Crippen molar-refractivity contribution in [1.29, 1.82) is 0 Å². The molecular formula is C37H24O. The van der Waals surface area contributed by atoms with Gasteiger partial charge in [0.15, 0.2) is 0 Å². The second-order valence-corrected chi connectivity index (χ2v) is 10.1. The van der Waals surface area contributed by atoms with Crippen molar-refractivity contribution in [1.82, 2.24) is 0 Å². The molecule has 0 saturated heterocycles. The minimum Gasteiger partial charge on any atom is -0.455 e. The lowest BCUT2D eigenvalue weighted by atomic mass is 9.92. The number of furan rings is 1. The number of benzene rings is 6. The van der Waals surface area contributed by atoms with Crippen LogP contribution in [-0.4, -0.2) is 0 Å². The average Bonchev–Trinajstić information content (AvgIpc) is 3.55. The highest BCUT2D eigenvalue weighted by Gasteiger charge is 2.21. The van der Waals surface area contributed by atoms with E-state index in [2.05, 4.69) is 121 Å². The minimum atomic E-state index is 0.933. The summed E-state index contributed by atoms with van der Waals surface area (Å²) < 4.78 is 6.36. The number of fused-ring (bicyclic) bond motifs is 6. The van der Waals surface area contributed by atoms with Gasteiger partial charge in [0.25, 0.3) is 0 Å². The zero-order valence-electron chi connectivity index (χ0n) is 20.8. The Morgan fingerprint density at radius 2 is 0.974 bits per heavy atom. The third-order valence-electron chi connectivity index (χ3n) is 7.93. The standard InChI is InChI=1S/C37H24O/c1-2-9-24(10-3-1)29-11-4-5-12-30(29)27-19-17-25-21-26-18-20-28(23-35(26)34(25)22-27)31-14-8-15-33-32-13-6-7-16-36(32)38-37(31)33/h1-20,22-23H,21H2. The summed E-state index contributed by atoms with van der Waals surface area (Å²) in [5.74, 6) is 0. The predicted molar refractivity (Wildman–Crippen MR) is 158 cm³/mol. The Kier molecular flexibility index (Phi) is 4.65. The third kappa shape index (κ3) is 3.26. The molecule has 8 rings (SSSR count). The fraction of sp³-hybridized carbons (Fsp3) is 0.0270. The molecule has 38 heavy (non-hydrogen) atoms. The molecule has 0 amide bonds. The maximum atomic E-state index is 6.36. The molecule has 1 heteroatoms. The summed E-state index contributed by atoms with van der Waals surface area (Å²) in [5.41, 5.74) is 14.7. The molecule has 1 aliphatic carbocycles. The van der Waals surface area contributed by atoms with Crippen LogP contribution in [0.4, 0.5) is 0 Å². The molecule has 1 aliphatic rings. The molecule has 6 aromatic carbocycles. The first kappa shape index (κ1) is 21.2. The highest BCUT2D eigenvalue weighted by atomic mass is 16.3. The van der Waals surface area contributed by atoms with Gasteiger partial charge in [0.05, 0.1) is 0 Å². The van der Waals surface area contributed by atoms with Crippen molar-refractivity contribution in [3.05, 3.63) is 145 Å². The Morgan fingerprint density at radius 1 is 0.395 bits per heavy atom. The van der Waals surface area contributed by atoms with Crippen molar-refractivity contribution in [2.75, 3.05) is 0 Å². The van der Waals surface area contributed by atoms with Gasteiger partial charge >= 0.3 is 0 Å². The van der Waals surface area contributed by atoms with Crippen LogP contribution >= 0.6 is 0 Å². The van der Waals surface area contributed by atoms with Crippen LogP contribution in [0.5, 0.6) is 0 Å². The van der Waals surface area contributed by atoms with E-state index < -0.39 is 0 Å². The van der Waals surface area contributed by atoms with Gasteiger partial charge < -0.3 is 4.42 Å². The van der Waals surface area contributed by atoms with E-state index >= 15 is 0 Å². The summed E-state index contributed by atoms with van der Waals surface area (Å²) in [6.45, 7) is 0. The van der Waals surface area contributed by atoms with Crippen LogP contribution in [0.3, 0.4) is 0 Å². The van der Waals surface area contributed by atoms with Gasteiger partial charge in [-0.05, 0) is 74.7 Å². The molecule has 0 spiro atoms. The Morgan fingerprint density at radius 3 is 1.74 bits per heavy atom. The highest BCUT2D eigenvalue weighted by Crippen LogP contribution is 2.43. The first-order chi connectivity index (χ1) is 18.8. The zero-order valence-corrected chi connectivity index (χ0v) is 20.8. The van der Waals surface area contributed by atoms with E-state index in [4.69, 9.17) is 4.42 Å². The molecule has 0 radical (unpaired) electrons. The quantitative estimate of drug-likeness (QED) is 0.243. The maximum absolute atomic E-state index is 6.36. The summed E-state index contributed by atoms with van der Waals surface area (Å²) in [6.07, 6.45) is 0.973. The van der Waals surface area contributed by atoms with Gasteiger partial charge in [0.2, 0.25) is 0 Å². The summed E-state index contributed by atoms with van der Waals surface area (Å²) in [5, 5.41) is 2.33. The van der Waals surface area contributed by atoms with E-state index in [0.717, 1.165) is 28.5 Å². The smallest absolute Gasteiger partial charge is 0.143 e. The average molecular weight is 485 g/mol. The van der Waals surface area contributed by atoms with Crippen LogP contribution in [0.2, 0.25) is 0 Å². The fourth-order valence-electron chi connectivity index (χ4n) is 6.08. The van der Waals surface area contributed by atoms with Gasteiger partial charge in [0, 0.05) is 16.3 Å². The second-order valence-electron chi connectivity index (χ2n) is 10.1. The Bertz CT molecular complexity index is 1990. The van der Waals surface area contributed by atoms with Crippen molar-refractivity contribution in [3.8, 4) is 44.5 Å². The van der Waals surface area contributed by atoms with Gasteiger partial charge in [-0.15, -0.1) is 0 Å². The molecule has 0 atom stereocenters. The van der Waals surface area contributed by atoms with Crippen LogP contribution in [0, 0.1) is 0 Å². The fourth-order valence-corrected chi connectivity index (χ4v) is 6.08. The summed E-state index contributed by atoms with van der Waals surface area (Å²) >= 11 is 0. The molecule has 1 aromatic heterocycles. The third-order valence-corrected chi connectivity index (χ3v) is 7.93. The summed E-state index contributed by atoms with van der Waals surface area (Å²) in [7, 11) is 0.